The molecule has 3 aromatic heterocycles. The number of halogens is 3. The maximum Gasteiger partial charge on any atom is 0.471 e. The summed E-state index contributed by atoms with van der Waals surface area (Å²) in [6, 6.07) is 8.95. The van der Waals surface area contributed by atoms with Crippen LogP contribution in [0, 0.1) is 0 Å². The Labute approximate surface area is 167 Å². The summed E-state index contributed by atoms with van der Waals surface area (Å²) >= 11 is 0. The van der Waals surface area contributed by atoms with Crippen LogP contribution >= 0.6 is 0 Å². The monoisotopic (exact) mass is 438 g/mol. The normalized spacial score (nSPS) is 12.4. The molecule has 156 valence electrons. The summed E-state index contributed by atoms with van der Waals surface area (Å²) in [6.45, 7) is 0. The highest BCUT2D eigenvalue weighted by molar-refractivity contribution is 7.90. The first-order valence-electron chi connectivity index (χ1n) is 8.41. The van der Waals surface area contributed by atoms with Crippen LogP contribution in [-0.4, -0.2) is 35.1 Å². The SMILES string of the molecule is COc1ccc(S(=O)(=O)Cc2cn3cc(-c4noc(C(F)(F)F)n4)ccc3n2)cc1. The minimum atomic E-state index is -4.74. The molecule has 30 heavy (non-hydrogen) atoms. The van der Waals surface area contributed by atoms with Gasteiger partial charge in [0.05, 0.1) is 23.5 Å². The van der Waals surface area contributed by atoms with E-state index in [2.05, 4.69) is 19.6 Å². The minimum Gasteiger partial charge on any atom is -0.497 e. The molecule has 0 amide bonds. The first kappa shape index (κ1) is 19.9. The Bertz CT molecular complexity index is 1310. The van der Waals surface area contributed by atoms with Crippen molar-refractivity contribution >= 4 is 15.5 Å². The number of alkyl halides is 3. The Morgan fingerprint density at radius 2 is 1.80 bits per heavy atom. The molecule has 8 nitrogen and oxygen atoms in total. The number of rotatable bonds is 5. The number of benzene rings is 1. The first-order valence-corrected chi connectivity index (χ1v) is 10.1. The van der Waals surface area contributed by atoms with Gasteiger partial charge >= 0.3 is 12.1 Å². The topological polar surface area (TPSA) is 99.6 Å². The van der Waals surface area contributed by atoms with Gasteiger partial charge in [0.2, 0.25) is 5.82 Å². The Morgan fingerprint density at radius 1 is 1.07 bits per heavy atom. The van der Waals surface area contributed by atoms with E-state index in [-0.39, 0.29) is 27.7 Å². The number of pyridine rings is 1. The van der Waals surface area contributed by atoms with Crippen LogP contribution in [0.15, 0.2) is 58.2 Å². The molecule has 1 aromatic carbocycles. The van der Waals surface area contributed by atoms with Crippen LogP contribution in [0.4, 0.5) is 13.2 Å². The molecule has 0 aliphatic heterocycles. The summed E-state index contributed by atoms with van der Waals surface area (Å²) in [5.41, 5.74) is 0.939. The largest absolute Gasteiger partial charge is 0.497 e. The van der Waals surface area contributed by atoms with E-state index in [0.717, 1.165) is 0 Å². The van der Waals surface area contributed by atoms with E-state index in [1.165, 1.54) is 48.2 Å². The van der Waals surface area contributed by atoms with Crippen molar-refractivity contribution in [2.24, 2.45) is 0 Å². The molecule has 0 saturated heterocycles. The maximum absolute atomic E-state index is 12.6. The number of sulfone groups is 1. The molecule has 0 fully saturated rings. The highest BCUT2D eigenvalue weighted by atomic mass is 32.2. The van der Waals surface area contributed by atoms with Gasteiger partial charge in [-0.3, -0.25) is 0 Å². The van der Waals surface area contributed by atoms with Crippen LogP contribution in [0.3, 0.4) is 0 Å². The molecule has 0 aliphatic carbocycles. The first-order chi connectivity index (χ1) is 14.2. The fraction of sp³-hybridized carbons (Fsp3) is 0.167. The average Bonchev–Trinajstić information content (AvgIpc) is 3.33. The van der Waals surface area contributed by atoms with E-state index in [9.17, 15) is 21.6 Å². The number of ether oxygens (including phenoxy) is 1. The Hall–Kier alpha value is -3.41. The highest BCUT2D eigenvalue weighted by Crippen LogP contribution is 2.29. The molecule has 4 aromatic rings. The lowest BCUT2D eigenvalue weighted by Gasteiger charge is -2.04. The molecule has 0 spiro atoms. The van der Waals surface area contributed by atoms with Gasteiger partial charge in [-0.2, -0.15) is 18.2 Å². The highest BCUT2D eigenvalue weighted by Gasteiger charge is 2.38. The van der Waals surface area contributed by atoms with Crippen LogP contribution in [0.2, 0.25) is 0 Å². The third-order valence-electron chi connectivity index (χ3n) is 4.18. The predicted molar refractivity (Wildman–Crippen MR) is 97.4 cm³/mol. The lowest BCUT2D eigenvalue weighted by Crippen LogP contribution is -2.05. The standard InChI is InChI=1S/C18H13F3N4O4S/c1-28-13-3-5-14(6-4-13)30(26,27)10-12-9-25-8-11(2-7-15(25)22-12)16-23-17(29-24-16)18(19,20)21/h2-9H,10H2,1H3. The van der Waals surface area contributed by atoms with E-state index in [1.54, 1.807) is 12.1 Å². The van der Waals surface area contributed by atoms with Gasteiger partial charge in [0.15, 0.2) is 9.84 Å². The summed E-state index contributed by atoms with van der Waals surface area (Å²) in [7, 11) is -2.18. The van der Waals surface area contributed by atoms with Gasteiger partial charge in [-0.15, -0.1) is 0 Å². The van der Waals surface area contributed by atoms with Crippen molar-refractivity contribution in [2.45, 2.75) is 16.8 Å². The molecule has 0 bridgehead atoms. The molecular weight excluding hydrogens is 425 g/mol. The third kappa shape index (κ3) is 3.85. The second-order valence-corrected chi connectivity index (χ2v) is 8.26. The van der Waals surface area contributed by atoms with E-state index >= 15 is 0 Å². The van der Waals surface area contributed by atoms with Gasteiger partial charge in [0.1, 0.15) is 11.4 Å². The quantitative estimate of drug-likeness (QED) is 0.471. The average molecular weight is 438 g/mol. The molecule has 3 heterocycles. The number of hydrogen-bond donors (Lipinski definition) is 0. The summed E-state index contributed by atoms with van der Waals surface area (Å²) in [6.07, 6.45) is -1.82. The van der Waals surface area contributed by atoms with Crippen LogP contribution in [0.5, 0.6) is 5.75 Å². The van der Waals surface area contributed by atoms with Crippen molar-refractivity contribution in [3.8, 4) is 17.1 Å². The van der Waals surface area contributed by atoms with Gasteiger partial charge in [-0.1, -0.05) is 5.16 Å². The van der Waals surface area contributed by atoms with Gasteiger partial charge in [0.25, 0.3) is 0 Å². The van der Waals surface area contributed by atoms with Crippen molar-refractivity contribution in [1.29, 1.82) is 0 Å². The van der Waals surface area contributed by atoms with Crippen molar-refractivity contribution < 1.29 is 30.8 Å². The summed E-state index contributed by atoms with van der Waals surface area (Å²) in [4.78, 5) is 7.71. The molecule has 4 rings (SSSR count). The third-order valence-corrected chi connectivity index (χ3v) is 5.85. The van der Waals surface area contributed by atoms with Crippen molar-refractivity contribution in [3.05, 3.63) is 60.4 Å². The van der Waals surface area contributed by atoms with Crippen LogP contribution in [0.25, 0.3) is 17.0 Å². The number of imidazole rings is 1. The zero-order valence-corrected chi connectivity index (χ0v) is 16.1. The van der Waals surface area contributed by atoms with E-state index in [1.807, 2.05) is 0 Å². The van der Waals surface area contributed by atoms with Gasteiger partial charge in [-0.25, -0.2) is 13.4 Å². The van der Waals surface area contributed by atoms with E-state index < -0.39 is 21.9 Å². The van der Waals surface area contributed by atoms with Crippen LogP contribution in [0.1, 0.15) is 11.6 Å². The van der Waals surface area contributed by atoms with Crippen LogP contribution < -0.4 is 4.74 Å². The number of methoxy groups -OCH3 is 1. The molecule has 0 unspecified atom stereocenters. The van der Waals surface area contributed by atoms with Gasteiger partial charge in [0, 0.05) is 18.0 Å². The molecule has 0 aliphatic rings. The zero-order chi connectivity index (χ0) is 21.5. The number of aromatic nitrogens is 4. The Morgan fingerprint density at radius 3 is 2.43 bits per heavy atom. The van der Waals surface area contributed by atoms with E-state index in [4.69, 9.17) is 4.74 Å². The Balaban J connectivity index is 1.61. The van der Waals surface area contributed by atoms with Crippen molar-refractivity contribution in [3.63, 3.8) is 0 Å². The van der Waals surface area contributed by atoms with Gasteiger partial charge < -0.3 is 13.7 Å². The fourth-order valence-corrected chi connectivity index (χ4v) is 4.01. The molecule has 0 N–H and O–H groups in total. The molecule has 0 atom stereocenters. The zero-order valence-electron chi connectivity index (χ0n) is 15.3. The fourth-order valence-electron chi connectivity index (χ4n) is 2.76. The summed E-state index contributed by atoms with van der Waals surface area (Å²) in [5.74, 6) is -1.51. The smallest absolute Gasteiger partial charge is 0.471 e. The van der Waals surface area contributed by atoms with E-state index in [0.29, 0.717) is 11.4 Å². The maximum atomic E-state index is 12.6. The molecule has 12 heteroatoms. The summed E-state index contributed by atoms with van der Waals surface area (Å²) < 4.78 is 73.9. The Kier molecular flexibility index (Phi) is 4.73. The van der Waals surface area contributed by atoms with Crippen molar-refractivity contribution in [1.82, 2.24) is 19.5 Å². The lowest BCUT2D eigenvalue weighted by atomic mass is 10.3. The molecule has 0 radical (unpaired) electrons. The lowest BCUT2D eigenvalue weighted by molar-refractivity contribution is -0.159. The number of nitrogens with zero attached hydrogens (tertiary/aromatic N) is 4. The second kappa shape index (κ2) is 7.13. The molecule has 0 saturated carbocycles. The second-order valence-electron chi connectivity index (χ2n) is 6.27. The van der Waals surface area contributed by atoms with Gasteiger partial charge in [-0.05, 0) is 36.4 Å². The summed E-state index contributed by atoms with van der Waals surface area (Å²) in [5, 5.41) is 3.33. The predicted octanol–water partition coefficient (Wildman–Crippen LogP) is 3.39. The minimum absolute atomic E-state index is 0.118. The molecular formula is C18H13F3N4O4S. The number of hydrogen-bond acceptors (Lipinski definition) is 7. The number of fused-ring (bicyclic) bond motifs is 1. The van der Waals surface area contributed by atoms with Crippen LogP contribution in [-0.2, 0) is 21.8 Å². The van der Waals surface area contributed by atoms with Crippen molar-refractivity contribution in [2.75, 3.05) is 7.11 Å².